The van der Waals surface area contributed by atoms with Crippen LogP contribution in [0, 0.1) is 0 Å². The summed E-state index contributed by atoms with van der Waals surface area (Å²) in [7, 11) is 3.11. The summed E-state index contributed by atoms with van der Waals surface area (Å²) in [5.41, 5.74) is 0.657. The molecule has 6 nitrogen and oxygen atoms in total. The minimum Gasteiger partial charge on any atom is -0.495 e. The third-order valence-corrected chi connectivity index (χ3v) is 3.10. The van der Waals surface area contributed by atoms with Gasteiger partial charge in [-0.25, -0.2) is 4.98 Å². The van der Waals surface area contributed by atoms with Crippen LogP contribution in [0.15, 0.2) is 37.1 Å². The Bertz CT molecular complexity index is 664. The van der Waals surface area contributed by atoms with Crippen molar-refractivity contribution in [2.45, 2.75) is 0 Å². The van der Waals surface area contributed by atoms with Crippen molar-refractivity contribution in [3.63, 3.8) is 0 Å². The fourth-order valence-electron chi connectivity index (χ4n) is 1.77. The first kappa shape index (κ1) is 15.9. The van der Waals surface area contributed by atoms with E-state index in [1.165, 1.54) is 0 Å². The van der Waals surface area contributed by atoms with Gasteiger partial charge in [0.15, 0.2) is 0 Å². The zero-order valence-corrected chi connectivity index (χ0v) is 13.1. The van der Waals surface area contributed by atoms with E-state index in [2.05, 4.69) is 27.2 Å². The molecule has 0 aliphatic heterocycles. The molecule has 116 valence electrons. The van der Waals surface area contributed by atoms with E-state index in [1.807, 2.05) is 0 Å². The standard InChI is InChI=1S/C15H17ClN4O2/c1-4-6-17-14-5-7-18-15(20-14)19-11-9-12(21-2)10(16)8-13(11)22-3/h4-5,7-9H,1,6H2,2-3H3,(H2,17,18,19,20). The van der Waals surface area contributed by atoms with Crippen LogP contribution in [0.2, 0.25) is 5.02 Å². The van der Waals surface area contributed by atoms with Crippen molar-refractivity contribution < 1.29 is 9.47 Å². The lowest BCUT2D eigenvalue weighted by Gasteiger charge is -2.13. The van der Waals surface area contributed by atoms with Gasteiger partial charge in [-0.3, -0.25) is 0 Å². The van der Waals surface area contributed by atoms with E-state index in [1.54, 1.807) is 44.7 Å². The van der Waals surface area contributed by atoms with E-state index in [9.17, 15) is 0 Å². The Kier molecular flexibility index (Phi) is 5.43. The number of methoxy groups -OCH3 is 2. The molecule has 0 radical (unpaired) electrons. The maximum Gasteiger partial charge on any atom is 0.229 e. The number of rotatable bonds is 7. The largest absolute Gasteiger partial charge is 0.495 e. The van der Waals surface area contributed by atoms with Crippen molar-refractivity contribution >= 4 is 29.1 Å². The molecule has 0 amide bonds. The van der Waals surface area contributed by atoms with Crippen LogP contribution in [0.4, 0.5) is 17.5 Å². The molecule has 0 unspecified atom stereocenters. The van der Waals surface area contributed by atoms with Crippen LogP contribution < -0.4 is 20.1 Å². The van der Waals surface area contributed by atoms with Gasteiger partial charge in [-0.2, -0.15) is 4.98 Å². The molecule has 0 atom stereocenters. The van der Waals surface area contributed by atoms with Gasteiger partial charge in [0.1, 0.15) is 17.3 Å². The molecule has 0 saturated carbocycles. The van der Waals surface area contributed by atoms with Crippen molar-refractivity contribution in [3.05, 3.63) is 42.1 Å². The van der Waals surface area contributed by atoms with Gasteiger partial charge in [-0.1, -0.05) is 17.7 Å². The van der Waals surface area contributed by atoms with Crippen molar-refractivity contribution in [2.24, 2.45) is 0 Å². The average molecular weight is 321 g/mol. The van der Waals surface area contributed by atoms with E-state index in [0.29, 0.717) is 40.5 Å². The first-order valence-electron chi connectivity index (χ1n) is 6.54. The summed E-state index contributed by atoms with van der Waals surface area (Å²) in [5, 5.41) is 6.65. The second kappa shape index (κ2) is 7.51. The third kappa shape index (κ3) is 3.79. The van der Waals surface area contributed by atoms with Gasteiger partial charge in [0.05, 0.1) is 24.9 Å². The SMILES string of the molecule is C=CCNc1ccnc(Nc2cc(OC)c(Cl)cc2OC)n1. The predicted octanol–water partition coefficient (Wildman–Crippen LogP) is 3.49. The zero-order valence-electron chi connectivity index (χ0n) is 12.4. The fourth-order valence-corrected chi connectivity index (χ4v) is 2.00. The molecule has 2 aromatic rings. The molecular formula is C15H17ClN4O2. The summed E-state index contributed by atoms with van der Waals surface area (Å²) >= 11 is 6.08. The molecule has 22 heavy (non-hydrogen) atoms. The summed E-state index contributed by atoms with van der Waals surface area (Å²) in [5.74, 6) is 2.22. The Morgan fingerprint density at radius 3 is 2.73 bits per heavy atom. The summed E-state index contributed by atoms with van der Waals surface area (Å²) in [4.78, 5) is 8.53. The van der Waals surface area contributed by atoms with Crippen molar-refractivity contribution in [2.75, 3.05) is 31.4 Å². The first-order chi connectivity index (χ1) is 10.7. The van der Waals surface area contributed by atoms with Gasteiger partial charge in [-0.05, 0) is 6.07 Å². The van der Waals surface area contributed by atoms with Crippen molar-refractivity contribution in [3.8, 4) is 11.5 Å². The number of benzene rings is 1. The van der Waals surface area contributed by atoms with Gasteiger partial charge in [0, 0.05) is 24.9 Å². The molecule has 0 aliphatic rings. The number of halogens is 1. The van der Waals surface area contributed by atoms with Gasteiger partial charge in [-0.15, -0.1) is 6.58 Å². The number of hydrogen-bond donors (Lipinski definition) is 2. The quantitative estimate of drug-likeness (QED) is 0.761. The monoisotopic (exact) mass is 320 g/mol. The number of ether oxygens (including phenoxy) is 2. The number of aromatic nitrogens is 2. The van der Waals surface area contributed by atoms with E-state index in [4.69, 9.17) is 21.1 Å². The first-order valence-corrected chi connectivity index (χ1v) is 6.92. The van der Waals surface area contributed by atoms with E-state index < -0.39 is 0 Å². The number of hydrogen-bond acceptors (Lipinski definition) is 6. The maximum absolute atomic E-state index is 6.08. The smallest absolute Gasteiger partial charge is 0.229 e. The van der Waals surface area contributed by atoms with Gasteiger partial charge < -0.3 is 20.1 Å². The average Bonchev–Trinajstić information content (AvgIpc) is 2.54. The van der Waals surface area contributed by atoms with Crippen LogP contribution in [0.25, 0.3) is 0 Å². The molecule has 0 saturated heterocycles. The number of nitrogens with zero attached hydrogens (tertiary/aromatic N) is 2. The highest BCUT2D eigenvalue weighted by molar-refractivity contribution is 6.32. The molecule has 1 heterocycles. The number of anilines is 3. The lowest BCUT2D eigenvalue weighted by Crippen LogP contribution is -2.04. The Morgan fingerprint density at radius 2 is 2.05 bits per heavy atom. The van der Waals surface area contributed by atoms with Gasteiger partial charge in [0.2, 0.25) is 5.95 Å². The highest BCUT2D eigenvalue weighted by Crippen LogP contribution is 2.36. The molecule has 0 bridgehead atoms. The highest BCUT2D eigenvalue weighted by Gasteiger charge is 2.11. The van der Waals surface area contributed by atoms with Crippen LogP contribution in [-0.2, 0) is 0 Å². The Balaban J connectivity index is 2.27. The highest BCUT2D eigenvalue weighted by atomic mass is 35.5. The molecule has 2 N–H and O–H groups in total. The lowest BCUT2D eigenvalue weighted by atomic mass is 10.2. The molecule has 1 aromatic carbocycles. The Labute approximate surface area is 134 Å². The minimum atomic E-state index is 0.428. The van der Waals surface area contributed by atoms with Crippen LogP contribution >= 0.6 is 11.6 Å². The number of nitrogens with one attached hydrogen (secondary N) is 2. The molecule has 0 fully saturated rings. The maximum atomic E-state index is 6.08. The zero-order chi connectivity index (χ0) is 15.9. The Hall–Kier alpha value is -2.47. The lowest BCUT2D eigenvalue weighted by molar-refractivity contribution is 0.405. The van der Waals surface area contributed by atoms with Gasteiger partial charge in [0.25, 0.3) is 0 Å². The molecule has 2 rings (SSSR count). The van der Waals surface area contributed by atoms with Crippen LogP contribution in [0.5, 0.6) is 11.5 Å². The van der Waals surface area contributed by atoms with Crippen molar-refractivity contribution in [1.29, 1.82) is 0 Å². The normalized spacial score (nSPS) is 9.95. The molecule has 0 aliphatic carbocycles. The summed E-state index contributed by atoms with van der Waals surface area (Å²) < 4.78 is 10.5. The molecular weight excluding hydrogens is 304 g/mol. The third-order valence-electron chi connectivity index (χ3n) is 2.80. The topological polar surface area (TPSA) is 68.3 Å². The van der Waals surface area contributed by atoms with E-state index >= 15 is 0 Å². The van der Waals surface area contributed by atoms with Crippen LogP contribution in [0.1, 0.15) is 0 Å². The molecule has 7 heteroatoms. The second-order valence-corrected chi connectivity index (χ2v) is 4.65. The summed E-state index contributed by atoms with van der Waals surface area (Å²) in [6.45, 7) is 4.27. The van der Waals surface area contributed by atoms with Crippen LogP contribution in [-0.4, -0.2) is 30.7 Å². The second-order valence-electron chi connectivity index (χ2n) is 4.25. The Morgan fingerprint density at radius 1 is 1.27 bits per heavy atom. The van der Waals surface area contributed by atoms with Crippen molar-refractivity contribution in [1.82, 2.24) is 9.97 Å². The molecule has 1 aromatic heterocycles. The van der Waals surface area contributed by atoms with E-state index in [-0.39, 0.29) is 0 Å². The minimum absolute atomic E-state index is 0.428. The summed E-state index contributed by atoms with van der Waals surface area (Å²) in [6, 6.07) is 5.17. The fraction of sp³-hybridized carbons (Fsp3) is 0.200. The van der Waals surface area contributed by atoms with Crippen LogP contribution in [0.3, 0.4) is 0 Å². The summed E-state index contributed by atoms with van der Waals surface area (Å²) in [6.07, 6.45) is 3.41. The van der Waals surface area contributed by atoms with Gasteiger partial charge >= 0.3 is 0 Å². The predicted molar refractivity (Wildman–Crippen MR) is 88.6 cm³/mol. The molecule has 0 spiro atoms. The van der Waals surface area contributed by atoms with E-state index in [0.717, 1.165) is 0 Å².